The number of carbonyl (C=O) groups excluding carboxylic acids is 1. The average Bonchev–Trinajstić information content (AvgIpc) is 3.08. The Morgan fingerprint density at radius 3 is 2.44 bits per heavy atom. The van der Waals surface area contributed by atoms with E-state index in [0.717, 1.165) is 16.0 Å². The van der Waals surface area contributed by atoms with E-state index in [1.165, 1.54) is 0 Å². The first-order valence-electron chi connectivity index (χ1n) is 8.46. The van der Waals surface area contributed by atoms with E-state index in [4.69, 9.17) is 0 Å². The van der Waals surface area contributed by atoms with Crippen LogP contribution in [0.15, 0.2) is 58.3 Å². The van der Waals surface area contributed by atoms with Crippen molar-refractivity contribution >= 4 is 16.6 Å². The summed E-state index contributed by atoms with van der Waals surface area (Å²) >= 11 is 0. The van der Waals surface area contributed by atoms with Crippen LogP contribution >= 0.6 is 0 Å². The molecule has 0 heterocycles. The van der Waals surface area contributed by atoms with Gasteiger partial charge < -0.3 is 0 Å². The van der Waals surface area contributed by atoms with Crippen molar-refractivity contribution in [3.05, 3.63) is 59.7 Å². The molecule has 3 rings (SSSR count). The highest BCUT2D eigenvalue weighted by Gasteiger charge is 2.42. The maximum atomic E-state index is 13.2. The number of rotatable bonds is 4. The number of nitrogens with zero attached hydrogens (tertiary/aromatic N) is 1. The molecule has 0 aromatic heterocycles. The number of hydrogen-bond donors (Lipinski definition) is 0. The molecule has 1 aliphatic carbocycles. The number of ketones is 1. The monoisotopic (exact) mass is 351 g/mol. The van der Waals surface area contributed by atoms with Crippen molar-refractivity contribution in [2.45, 2.75) is 48.3 Å². The highest BCUT2D eigenvalue weighted by atomic mass is 32.2. The summed E-state index contributed by atoms with van der Waals surface area (Å²) in [6.45, 7) is 3.87. The lowest BCUT2D eigenvalue weighted by Crippen LogP contribution is -2.30. The minimum atomic E-state index is -1.36. The first kappa shape index (κ1) is 17.6. The smallest absolute Gasteiger partial charge is 0.133 e. The molecule has 0 saturated heterocycles. The lowest BCUT2D eigenvalue weighted by molar-refractivity contribution is -0.117. The molecule has 0 amide bonds. The predicted octanol–water partition coefficient (Wildman–Crippen LogP) is 4.31. The van der Waals surface area contributed by atoms with E-state index < -0.39 is 16.2 Å². The van der Waals surface area contributed by atoms with Crippen LogP contribution in [0.4, 0.5) is 0 Å². The Labute approximate surface area is 151 Å². The largest absolute Gasteiger partial charge is 0.300 e. The molecule has 0 radical (unpaired) electrons. The minimum absolute atomic E-state index is 0.0267. The molecular weight excluding hydrogens is 330 g/mol. The van der Waals surface area contributed by atoms with Gasteiger partial charge >= 0.3 is 0 Å². The molecule has 1 saturated carbocycles. The van der Waals surface area contributed by atoms with Gasteiger partial charge in [-0.3, -0.25) is 4.79 Å². The Morgan fingerprint density at radius 1 is 1.16 bits per heavy atom. The molecule has 1 fully saturated rings. The molecule has 1 aliphatic rings. The summed E-state index contributed by atoms with van der Waals surface area (Å²) in [5, 5.41) is 9.94. The van der Waals surface area contributed by atoms with Gasteiger partial charge in [0, 0.05) is 22.6 Å². The van der Waals surface area contributed by atoms with Gasteiger partial charge in [-0.05, 0) is 49.9 Å². The van der Waals surface area contributed by atoms with Gasteiger partial charge in [-0.15, -0.1) is 0 Å². The molecule has 0 bridgehead atoms. The number of nitriles is 1. The van der Waals surface area contributed by atoms with Gasteiger partial charge in [0.05, 0.1) is 22.3 Å². The number of hydrogen-bond acceptors (Lipinski definition) is 3. The zero-order chi connectivity index (χ0) is 18.0. The second-order valence-electron chi connectivity index (χ2n) is 6.87. The van der Waals surface area contributed by atoms with Gasteiger partial charge in [0.2, 0.25) is 0 Å². The summed E-state index contributed by atoms with van der Waals surface area (Å²) in [6, 6.07) is 17.5. The topological polar surface area (TPSA) is 57.9 Å². The van der Waals surface area contributed by atoms with Crippen molar-refractivity contribution in [2.24, 2.45) is 5.92 Å². The molecule has 128 valence electrons. The SMILES string of the molecule is Cc1ccc(S(=O)c2ccccc2[C@](C)(C#N)C2CCC(=O)C2)cc1. The molecule has 4 heteroatoms. The summed E-state index contributed by atoms with van der Waals surface area (Å²) in [7, 11) is -1.36. The summed E-state index contributed by atoms with van der Waals surface area (Å²) in [5.41, 5.74) is 1.07. The van der Waals surface area contributed by atoms with E-state index in [1.54, 1.807) is 0 Å². The first-order valence-corrected chi connectivity index (χ1v) is 9.61. The molecule has 0 N–H and O–H groups in total. The van der Waals surface area contributed by atoms with Crippen molar-refractivity contribution in [3.63, 3.8) is 0 Å². The quantitative estimate of drug-likeness (QED) is 0.824. The molecule has 25 heavy (non-hydrogen) atoms. The number of benzene rings is 2. The zero-order valence-electron chi connectivity index (χ0n) is 14.5. The first-order chi connectivity index (χ1) is 12.0. The van der Waals surface area contributed by atoms with Crippen LogP contribution in [0.25, 0.3) is 0 Å². The molecule has 3 atom stereocenters. The molecular formula is C21H21NO2S. The van der Waals surface area contributed by atoms with Crippen LogP contribution in [0.5, 0.6) is 0 Å². The number of aryl methyl sites for hydroxylation is 1. The Morgan fingerprint density at radius 2 is 1.84 bits per heavy atom. The van der Waals surface area contributed by atoms with E-state index in [9.17, 15) is 14.3 Å². The third-order valence-corrected chi connectivity index (χ3v) is 6.63. The third-order valence-electron chi connectivity index (χ3n) is 5.18. The second kappa shape index (κ2) is 6.93. The van der Waals surface area contributed by atoms with Gasteiger partial charge in [0.15, 0.2) is 0 Å². The molecule has 3 nitrogen and oxygen atoms in total. The summed E-state index contributed by atoms with van der Waals surface area (Å²) < 4.78 is 13.2. The van der Waals surface area contributed by atoms with Crippen LogP contribution in [0.1, 0.15) is 37.3 Å². The number of carbonyl (C=O) groups is 1. The Hall–Kier alpha value is -2.25. The van der Waals surface area contributed by atoms with Crippen LogP contribution in [-0.2, 0) is 21.0 Å². The minimum Gasteiger partial charge on any atom is -0.300 e. The highest BCUT2D eigenvalue weighted by molar-refractivity contribution is 7.85. The molecule has 2 unspecified atom stereocenters. The van der Waals surface area contributed by atoms with Gasteiger partial charge in [-0.25, -0.2) is 4.21 Å². The fraction of sp³-hybridized carbons (Fsp3) is 0.333. The van der Waals surface area contributed by atoms with E-state index in [1.807, 2.05) is 62.4 Å². The normalized spacial score (nSPS) is 20.7. The lowest BCUT2D eigenvalue weighted by Gasteiger charge is -2.30. The standard InChI is InChI=1S/C21H21NO2S/c1-15-7-11-18(12-8-15)25(24)20-6-4-3-5-19(20)21(2,14-22)16-9-10-17(23)13-16/h3-8,11-12,16H,9-10,13H2,1-2H3/t16?,21-,25?/m1/s1. The fourth-order valence-electron chi connectivity index (χ4n) is 3.52. The van der Waals surface area contributed by atoms with E-state index >= 15 is 0 Å². The van der Waals surface area contributed by atoms with Crippen molar-refractivity contribution in [2.75, 3.05) is 0 Å². The molecule has 0 aliphatic heterocycles. The predicted molar refractivity (Wildman–Crippen MR) is 97.6 cm³/mol. The van der Waals surface area contributed by atoms with Crippen molar-refractivity contribution in [1.29, 1.82) is 5.26 Å². The summed E-state index contributed by atoms with van der Waals surface area (Å²) in [4.78, 5) is 13.1. The maximum Gasteiger partial charge on any atom is 0.133 e. The van der Waals surface area contributed by atoms with Crippen molar-refractivity contribution in [3.8, 4) is 6.07 Å². The van der Waals surface area contributed by atoms with Gasteiger partial charge in [-0.2, -0.15) is 5.26 Å². The van der Waals surface area contributed by atoms with Crippen molar-refractivity contribution < 1.29 is 9.00 Å². The second-order valence-corrected chi connectivity index (χ2v) is 8.32. The van der Waals surface area contributed by atoms with Gasteiger partial charge in [0.25, 0.3) is 0 Å². The van der Waals surface area contributed by atoms with Crippen LogP contribution in [0.3, 0.4) is 0 Å². The molecule has 2 aromatic rings. The van der Waals surface area contributed by atoms with Crippen LogP contribution in [0, 0.1) is 24.2 Å². The van der Waals surface area contributed by atoms with E-state index in [-0.39, 0.29) is 11.7 Å². The van der Waals surface area contributed by atoms with Crippen LogP contribution < -0.4 is 0 Å². The van der Waals surface area contributed by atoms with E-state index in [2.05, 4.69) is 6.07 Å². The Balaban J connectivity index is 2.06. The third kappa shape index (κ3) is 3.29. The van der Waals surface area contributed by atoms with Crippen LogP contribution in [0.2, 0.25) is 0 Å². The molecule has 0 spiro atoms. The van der Waals surface area contributed by atoms with Gasteiger partial charge in [-0.1, -0.05) is 35.9 Å². The van der Waals surface area contributed by atoms with E-state index in [0.29, 0.717) is 24.2 Å². The average molecular weight is 351 g/mol. The summed E-state index contributed by atoms with van der Waals surface area (Å²) in [5.74, 6) is 0.185. The van der Waals surface area contributed by atoms with Crippen molar-refractivity contribution in [1.82, 2.24) is 0 Å². The zero-order valence-corrected chi connectivity index (χ0v) is 15.3. The highest BCUT2D eigenvalue weighted by Crippen LogP contribution is 2.43. The lowest BCUT2D eigenvalue weighted by atomic mass is 9.72. The fourth-order valence-corrected chi connectivity index (χ4v) is 4.84. The Bertz CT molecular complexity index is 866. The summed E-state index contributed by atoms with van der Waals surface area (Å²) in [6.07, 6.45) is 1.68. The van der Waals surface area contributed by atoms with Crippen LogP contribution in [-0.4, -0.2) is 9.99 Å². The Kier molecular flexibility index (Phi) is 4.87. The maximum absolute atomic E-state index is 13.2. The van der Waals surface area contributed by atoms with Gasteiger partial charge in [0.1, 0.15) is 5.78 Å². The molecule has 2 aromatic carbocycles. The number of Topliss-reactive ketones (excluding diaryl/α,β-unsaturated/α-hetero) is 1.